The maximum Gasteiger partial charge on any atom is 0.416 e. The summed E-state index contributed by atoms with van der Waals surface area (Å²) >= 11 is 13.0. The number of aromatic nitrogens is 1. The van der Waals surface area contributed by atoms with Crippen LogP contribution in [0.2, 0.25) is 10.0 Å². The number of aliphatic carboxylic acids is 1. The van der Waals surface area contributed by atoms with Crippen molar-refractivity contribution in [1.29, 1.82) is 0 Å². The average Bonchev–Trinajstić information content (AvgIpc) is 2.98. The van der Waals surface area contributed by atoms with Gasteiger partial charge in [-0.25, -0.2) is 0 Å². The lowest BCUT2D eigenvalue weighted by Crippen LogP contribution is -2.38. The third-order valence-electron chi connectivity index (χ3n) is 6.04. The molecule has 0 saturated heterocycles. The molecule has 32 heavy (non-hydrogen) atoms. The van der Waals surface area contributed by atoms with Crippen LogP contribution in [0.5, 0.6) is 5.75 Å². The fourth-order valence-corrected chi connectivity index (χ4v) is 4.60. The summed E-state index contributed by atoms with van der Waals surface area (Å²) in [5.41, 5.74) is 1.66. The molecule has 0 aliphatic heterocycles. The van der Waals surface area contributed by atoms with Gasteiger partial charge in [0, 0.05) is 35.1 Å². The first kappa shape index (κ1) is 22.8. The highest BCUT2D eigenvalue weighted by Gasteiger charge is 2.36. The number of nitrogens with zero attached hydrogens (tertiary/aromatic N) is 1. The Balaban J connectivity index is 1.65. The van der Waals surface area contributed by atoms with Gasteiger partial charge in [0.1, 0.15) is 11.9 Å². The van der Waals surface area contributed by atoms with Crippen molar-refractivity contribution in [3.63, 3.8) is 0 Å². The van der Waals surface area contributed by atoms with Crippen molar-refractivity contribution in [2.45, 2.75) is 38.5 Å². The molecule has 1 aliphatic rings. The van der Waals surface area contributed by atoms with E-state index in [4.69, 9.17) is 33.0 Å². The average molecular weight is 486 g/mol. The highest BCUT2D eigenvalue weighted by Crippen LogP contribution is 2.40. The standard InChI is InChI=1S/C23H20Cl2F3NO3/c1-11-5-13(23(26,27)28)8-19-16(11)9-14(29(19)2)10-17-18(24)3-4-20(21(17)25)32-15-6-12(7-15)22(30)31/h3-5,8-9,12,15H,6-7,10H2,1-2H3,(H,30,31). The summed E-state index contributed by atoms with van der Waals surface area (Å²) in [7, 11) is 1.71. The van der Waals surface area contributed by atoms with E-state index >= 15 is 0 Å². The summed E-state index contributed by atoms with van der Waals surface area (Å²) in [6.45, 7) is 1.65. The third kappa shape index (κ3) is 4.16. The van der Waals surface area contributed by atoms with Gasteiger partial charge in [0.15, 0.2) is 0 Å². The van der Waals surface area contributed by atoms with Gasteiger partial charge in [0.05, 0.1) is 16.5 Å². The van der Waals surface area contributed by atoms with Gasteiger partial charge < -0.3 is 14.4 Å². The Morgan fingerprint density at radius 3 is 2.53 bits per heavy atom. The van der Waals surface area contributed by atoms with Crippen LogP contribution in [0.25, 0.3) is 10.9 Å². The maximum atomic E-state index is 13.2. The van der Waals surface area contributed by atoms with Crippen molar-refractivity contribution >= 4 is 40.1 Å². The summed E-state index contributed by atoms with van der Waals surface area (Å²) in [5, 5.41) is 10.5. The number of hydrogen-bond acceptors (Lipinski definition) is 2. The Morgan fingerprint density at radius 1 is 1.22 bits per heavy atom. The SMILES string of the molecule is Cc1cc(C(F)(F)F)cc2c1cc(Cc1c(Cl)ccc(OC3CC(C(=O)O)C3)c1Cl)n2C. The quantitative estimate of drug-likeness (QED) is 0.440. The summed E-state index contributed by atoms with van der Waals surface area (Å²) in [6, 6.07) is 7.42. The minimum Gasteiger partial charge on any atom is -0.489 e. The van der Waals surface area contributed by atoms with Crippen LogP contribution in [0.4, 0.5) is 13.2 Å². The van der Waals surface area contributed by atoms with Gasteiger partial charge >= 0.3 is 12.1 Å². The normalized spacial score (nSPS) is 18.6. The summed E-state index contributed by atoms with van der Waals surface area (Å²) in [5.74, 6) is -0.840. The lowest BCUT2D eigenvalue weighted by atomic mass is 9.82. The van der Waals surface area contributed by atoms with Crippen molar-refractivity contribution in [1.82, 2.24) is 4.57 Å². The second kappa shape index (κ2) is 8.19. The van der Waals surface area contributed by atoms with Gasteiger partial charge in [-0.05, 0) is 61.2 Å². The van der Waals surface area contributed by atoms with Crippen LogP contribution in [0.1, 0.15) is 35.2 Å². The molecule has 1 N–H and O–H groups in total. The Morgan fingerprint density at radius 2 is 1.91 bits per heavy atom. The van der Waals surface area contributed by atoms with Crippen LogP contribution in [0.15, 0.2) is 30.3 Å². The Hall–Kier alpha value is -2.38. The first-order valence-corrected chi connectivity index (χ1v) is 10.7. The third-order valence-corrected chi connectivity index (χ3v) is 6.81. The highest BCUT2D eigenvalue weighted by atomic mass is 35.5. The fraction of sp³-hybridized carbons (Fsp3) is 0.348. The van der Waals surface area contributed by atoms with Crippen molar-refractivity contribution in [3.8, 4) is 5.75 Å². The number of rotatable bonds is 5. The number of carbonyl (C=O) groups is 1. The largest absolute Gasteiger partial charge is 0.489 e. The minimum atomic E-state index is -4.43. The molecule has 1 fully saturated rings. The molecule has 0 atom stereocenters. The van der Waals surface area contributed by atoms with E-state index in [2.05, 4.69) is 0 Å². The summed E-state index contributed by atoms with van der Waals surface area (Å²) in [6.07, 6.45) is -3.54. The number of halogens is 5. The van der Waals surface area contributed by atoms with Crippen molar-refractivity contribution in [2.75, 3.05) is 0 Å². The van der Waals surface area contributed by atoms with Crippen LogP contribution >= 0.6 is 23.2 Å². The monoisotopic (exact) mass is 485 g/mol. The highest BCUT2D eigenvalue weighted by molar-refractivity contribution is 6.37. The van der Waals surface area contributed by atoms with Crippen LogP contribution < -0.4 is 4.74 Å². The van der Waals surface area contributed by atoms with E-state index < -0.39 is 23.6 Å². The maximum absolute atomic E-state index is 13.2. The molecule has 0 bridgehead atoms. The molecular weight excluding hydrogens is 466 g/mol. The predicted octanol–water partition coefficient (Wildman–Crippen LogP) is 6.65. The molecule has 0 amide bonds. The summed E-state index contributed by atoms with van der Waals surface area (Å²) in [4.78, 5) is 11.0. The molecule has 2 aromatic carbocycles. The molecule has 4 rings (SSSR count). The van der Waals surface area contributed by atoms with Gasteiger partial charge in [-0.15, -0.1) is 0 Å². The van der Waals surface area contributed by atoms with Gasteiger partial charge in [-0.2, -0.15) is 13.2 Å². The van der Waals surface area contributed by atoms with Crippen molar-refractivity contribution in [3.05, 3.63) is 62.8 Å². The van der Waals surface area contributed by atoms with Gasteiger partial charge in [-0.1, -0.05) is 23.2 Å². The molecular formula is C23H20Cl2F3NO3. The van der Waals surface area contributed by atoms with Gasteiger partial charge in [0.2, 0.25) is 0 Å². The van der Waals surface area contributed by atoms with Gasteiger partial charge in [-0.3, -0.25) is 4.79 Å². The van der Waals surface area contributed by atoms with Crippen LogP contribution in [-0.4, -0.2) is 21.7 Å². The van der Waals surface area contributed by atoms with Crippen molar-refractivity contribution < 1.29 is 27.8 Å². The Labute approximate surface area is 192 Å². The van der Waals surface area contributed by atoms with E-state index in [0.717, 1.165) is 23.2 Å². The Bertz CT molecular complexity index is 1210. The lowest BCUT2D eigenvalue weighted by Gasteiger charge is -2.33. The molecule has 1 heterocycles. The van der Waals surface area contributed by atoms with E-state index in [1.807, 2.05) is 6.07 Å². The molecule has 0 radical (unpaired) electrons. The number of carboxylic acid groups (broad SMARTS) is 1. The zero-order chi connectivity index (χ0) is 23.4. The van der Waals surface area contributed by atoms with E-state index in [0.29, 0.717) is 51.7 Å². The molecule has 0 unspecified atom stereocenters. The number of fused-ring (bicyclic) bond motifs is 1. The van der Waals surface area contributed by atoms with Crippen molar-refractivity contribution in [2.24, 2.45) is 13.0 Å². The van der Waals surface area contributed by atoms with Crippen LogP contribution in [-0.2, 0) is 24.4 Å². The topological polar surface area (TPSA) is 51.5 Å². The second-order valence-corrected chi connectivity index (χ2v) is 8.96. The zero-order valence-corrected chi connectivity index (χ0v) is 18.8. The molecule has 4 nitrogen and oxygen atoms in total. The molecule has 1 saturated carbocycles. The summed E-state index contributed by atoms with van der Waals surface area (Å²) < 4.78 is 47.3. The van der Waals surface area contributed by atoms with E-state index in [1.165, 1.54) is 0 Å². The number of benzene rings is 2. The fourth-order valence-electron chi connectivity index (χ4n) is 4.05. The van der Waals surface area contributed by atoms with E-state index in [1.54, 1.807) is 30.7 Å². The number of hydrogen-bond donors (Lipinski definition) is 1. The number of aryl methyl sites for hydroxylation is 2. The molecule has 1 aromatic heterocycles. The number of ether oxygens (including phenoxy) is 1. The molecule has 1 aliphatic carbocycles. The minimum absolute atomic E-state index is 0.233. The first-order chi connectivity index (χ1) is 15.0. The lowest BCUT2D eigenvalue weighted by molar-refractivity contribution is -0.148. The van der Waals surface area contributed by atoms with E-state index in [-0.39, 0.29) is 6.10 Å². The molecule has 0 spiro atoms. The van der Waals surface area contributed by atoms with Gasteiger partial charge in [0.25, 0.3) is 0 Å². The second-order valence-electron chi connectivity index (χ2n) is 8.18. The molecule has 170 valence electrons. The van der Waals surface area contributed by atoms with E-state index in [9.17, 15) is 18.0 Å². The number of carboxylic acids is 1. The molecule has 3 aromatic rings. The number of alkyl halides is 3. The van der Waals surface area contributed by atoms with Crippen LogP contribution in [0, 0.1) is 12.8 Å². The first-order valence-electron chi connectivity index (χ1n) is 9.98. The smallest absolute Gasteiger partial charge is 0.416 e. The zero-order valence-electron chi connectivity index (χ0n) is 17.3. The van der Waals surface area contributed by atoms with Crippen LogP contribution in [0.3, 0.4) is 0 Å². The molecule has 9 heteroatoms. The Kier molecular flexibility index (Phi) is 5.84. The predicted molar refractivity (Wildman–Crippen MR) is 117 cm³/mol.